The van der Waals surface area contributed by atoms with Crippen LogP contribution in [0.3, 0.4) is 0 Å². The van der Waals surface area contributed by atoms with Gasteiger partial charge in [0.2, 0.25) is 0 Å². The molecule has 1 aliphatic heterocycles. The van der Waals surface area contributed by atoms with E-state index in [4.69, 9.17) is 0 Å². The first-order chi connectivity index (χ1) is 7.37. The van der Waals surface area contributed by atoms with E-state index in [1.807, 2.05) is 0 Å². The minimum atomic E-state index is -3.12. The molecule has 1 saturated carbocycles. The van der Waals surface area contributed by atoms with Gasteiger partial charge in [0.05, 0.1) is 6.54 Å². The Bertz CT molecular complexity index is 304. The molecule has 0 aromatic carbocycles. The van der Waals surface area contributed by atoms with E-state index in [1.54, 1.807) is 7.05 Å². The average Bonchev–Trinajstić information content (AvgIpc) is 2.92. The maximum Gasteiger partial charge on any atom is 0.315 e. The van der Waals surface area contributed by atoms with E-state index < -0.39 is 23.9 Å². The van der Waals surface area contributed by atoms with Crippen molar-refractivity contribution in [3.05, 3.63) is 0 Å². The van der Waals surface area contributed by atoms with Crippen LogP contribution in [0.2, 0.25) is 0 Å². The van der Waals surface area contributed by atoms with Crippen LogP contribution in [0.1, 0.15) is 25.7 Å². The van der Waals surface area contributed by atoms with E-state index >= 15 is 0 Å². The summed E-state index contributed by atoms with van der Waals surface area (Å²) >= 11 is 0. The minimum Gasteiger partial charge on any atom is -0.481 e. The molecule has 0 aromatic heterocycles. The van der Waals surface area contributed by atoms with Crippen LogP contribution in [-0.4, -0.2) is 42.0 Å². The van der Waals surface area contributed by atoms with Crippen molar-refractivity contribution in [1.29, 1.82) is 0 Å². The molecule has 92 valence electrons. The Hall–Kier alpha value is -0.710. The van der Waals surface area contributed by atoms with Gasteiger partial charge < -0.3 is 10.0 Å². The van der Waals surface area contributed by atoms with Gasteiger partial charge in [0, 0.05) is 0 Å². The van der Waals surface area contributed by atoms with Crippen molar-refractivity contribution in [2.75, 3.05) is 20.1 Å². The molecule has 1 aliphatic carbocycles. The van der Waals surface area contributed by atoms with E-state index in [-0.39, 0.29) is 18.8 Å². The highest BCUT2D eigenvalue weighted by Gasteiger charge is 2.62. The number of hydrogen-bond acceptors (Lipinski definition) is 2. The van der Waals surface area contributed by atoms with Gasteiger partial charge in [-0.05, 0) is 32.4 Å². The Morgan fingerprint density at radius 3 is 2.56 bits per heavy atom. The van der Waals surface area contributed by atoms with Crippen LogP contribution in [0.4, 0.5) is 8.78 Å². The summed E-state index contributed by atoms with van der Waals surface area (Å²) in [5, 5.41) is 9.19. The van der Waals surface area contributed by atoms with Crippen LogP contribution in [0.15, 0.2) is 0 Å². The highest BCUT2D eigenvalue weighted by atomic mass is 19.3. The fourth-order valence-corrected chi connectivity index (χ4v) is 2.55. The lowest BCUT2D eigenvalue weighted by Crippen LogP contribution is -2.58. The lowest BCUT2D eigenvalue weighted by Gasteiger charge is -2.44. The number of aliphatic carboxylic acids is 1. The summed E-state index contributed by atoms with van der Waals surface area (Å²) in [4.78, 5) is 12.8. The van der Waals surface area contributed by atoms with Crippen LogP contribution in [0.5, 0.6) is 0 Å². The van der Waals surface area contributed by atoms with Crippen molar-refractivity contribution in [3.8, 4) is 0 Å². The lowest BCUT2D eigenvalue weighted by atomic mass is 9.71. The predicted molar refractivity (Wildman–Crippen MR) is 54.5 cm³/mol. The quantitative estimate of drug-likeness (QED) is 0.808. The Morgan fingerprint density at radius 2 is 2.12 bits per heavy atom. The van der Waals surface area contributed by atoms with Crippen LogP contribution >= 0.6 is 0 Å². The highest BCUT2D eigenvalue weighted by Crippen LogP contribution is 2.52. The molecule has 2 aliphatic rings. The van der Waals surface area contributed by atoms with Crippen LogP contribution in [0, 0.1) is 11.3 Å². The van der Waals surface area contributed by atoms with Gasteiger partial charge in [0.15, 0.2) is 0 Å². The number of alkyl halides is 2. The first-order valence-electron chi connectivity index (χ1n) is 5.67. The number of piperidine rings is 1. The average molecular weight is 233 g/mol. The second-order valence-electron chi connectivity index (χ2n) is 5.23. The van der Waals surface area contributed by atoms with Crippen molar-refractivity contribution in [3.63, 3.8) is 0 Å². The number of nitrogens with zero attached hydrogens (tertiary/aromatic N) is 1. The SMILES string of the molecule is CN1CCC(CC2CC2)(C(=O)O)C(F)(F)C1. The topological polar surface area (TPSA) is 40.5 Å². The zero-order valence-electron chi connectivity index (χ0n) is 9.38. The number of hydrogen-bond donors (Lipinski definition) is 1. The van der Waals surface area contributed by atoms with Crippen molar-refractivity contribution in [2.45, 2.75) is 31.6 Å². The van der Waals surface area contributed by atoms with Crippen LogP contribution < -0.4 is 0 Å². The molecule has 2 rings (SSSR count). The summed E-state index contributed by atoms with van der Waals surface area (Å²) in [7, 11) is 1.61. The number of likely N-dealkylation sites (tertiary alicyclic amines) is 1. The van der Waals surface area contributed by atoms with Gasteiger partial charge in [-0.3, -0.25) is 4.79 Å². The summed E-state index contributed by atoms with van der Waals surface area (Å²) in [6.45, 7) is 0.000625. The zero-order valence-corrected chi connectivity index (χ0v) is 9.38. The second kappa shape index (κ2) is 3.65. The number of rotatable bonds is 3. The molecular formula is C11H17F2NO2. The molecule has 1 unspecified atom stereocenters. The Morgan fingerprint density at radius 1 is 1.50 bits per heavy atom. The molecule has 1 atom stereocenters. The number of carboxylic acid groups (broad SMARTS) is 1. The van der Waals surface area contributed by atoms with Crippen molar-refractivity contribution in [2.24, 2.45) is 11.3 Å². The minimum absolute atomic E-state index is 0.0579. The van der Waals surface area contributed by atoms with Crippen molar-refractivity contribution < 1.29 is 18.7 Å². The molecule has 16 heavy (non-hydrogen) atoms. The molecule has 5 heteroatoms. The van der Waals surface area contributed by atoms with Crippen molar-refractivity contribution >= 4 is 5.97 Å². The van der Waals surface area contributed by atoms with Crippen molar-refractivity contribution in [1.82, 2.24) is 4.90 Å². The lowest BCUT2D eigenvalue weighted by molar-refractivity contribution is -0.199. The Kier molecular flexibility index (Phi) is 2.69. The normalized spacial score (nSPS) is 34.9. The maximum absolute atomic E-state index is 14.0. The van der Waals surface area contributed by atoms with Crippen LogP contribution in [0.25, 0.3) is 0 Å². The summed E-state index contributed by atoms with van der Waals surface area (Å²) in [6, 6.07) is 0. The zero-order chi connectivity index (χ0) is 12.0. The molecule has 3 nitrogen and oxygen atoms in total. The van der Waals surface area contributed by atoms with Gasteiger partial charge in [-0.15, -0.1) is 0 Å². The molecule has 0 amide bonds. The summed E-state index contributed by atoms with van der Waals surface area (Å²) in [5.41, 5.74) is -1.82. The number of carbonyl (C=O) groups is 1. The Labute approximate surface area is 93.4 Å². The Balaban J connectivity index is 2.24. The van der Waals surface area contributed by atoms with Gasteiger partial charge in [0.1, 0.15) is 5.41 Å². The summed E-state index contributed by atoms with van der Waals surface area (Å²) in [6.07, 6.45) is 2.01. The standard InChI is InChI=1S/C11H17F2NO2/c1-14-5-4-10(9(15)16,6-8-2-3-8)11(12,13)7-14/h8H,2-7H2,1H3,(H,15,16). The van der Waals surface area contributed by atoms with Gasteiger partial charge in [0.25, 0.3) is 5.92 Å². The molecule has 2 fully saturated rings. The van der Waals surface area contributed by atoms with Gasteiger partial charge in [-0.25, -0.2) is 8.78 Å². The third-order valence-corrected chi connectivity index (χ3v) is 3.83. The third kappa shape index (κ3) is 1.81. The van der Waals surface area contributed by atoms with E-state index in [9.17, 15) is 18.7 Å². The monoisotopic (exact) mass is 233 g/mol. The molecule has 1 heterocycles. The van der Waals surface area contributed by atoms with E-state index in [0.717, 1.165) is 12.8 Å². The molecular weight excluding hydrogens is 216 g/mol. The van der Waals surface area contributed by atoms with Gasteiger partial charge in [-0.2, -0.15) is 0 Å². The molecule has 0 bridgehead atoms. The molecule has 0 radical (unpaired) electrons. The number of halogens is 2. The summed E-state index contributed by atoms with van der Waals surface area (Å²) < 4.78 is 28.0. The first kappa shape index (κ1) is 11.8. The molecule has 1 N–H and O–H groups in total. The van der Waals surface area contributed by atoms with Gasteiger partial charge >= 0.3 is 5.97 Å². The second-order valence-corrected chi connectivity index (χ2v) is 5.23. The van der Waals surface area contributed by atoms with Crippen LogP contribution in [-0.2, 0) is 4.79 Å². The van der Waals surface area contributed by atoms with E-state index in [2.05, 4.69) is 0 Å². The highest BCUT2D eigenvalue weighted by molar-refractivity contribution is 5.76. The van der Waals surface area contributed by atoms with E-state index in [0.29, 0.717) is 6.54 Å². The molecule has 1 saturated heterocycles. The van der Waals surface area contributed by atoms with Gasteiger partial charge in [-0.1, -0.05) is 12.8 Å². The molecule has 0 spiro atoms. The predicted octanol–water partition coefficient (Wildman–Crippen LogP) is 1.83. The van der Waals surface area contributed by atoms with E-state index in [1.165, 1.54) is 4.90 Å². The first-order valence-corrected chi connectivity index (χ1v) is 5.67. The third-order valence-electron chi connectivity index (χ3n) is 3.83. The fourth-order valence-electron chi connectivity index (χ4n) is 2.55. The fraction of sp³-hybridized carbons (Fsp3) is 0.909. The largest absolute Gasteiger partial charge is 0.481 e. The number of carboxylic acids is 1. The molecule has 0 aromatic rings. The smallest absolute Gasteiger partial charge is 0.315 e. The maximum atomic E-state index is 14.0. The summed E-state index contributed by atoms with van der Waals surface area (Å²) in [5.74, 6) is -4.24.